The van der Waals surface area contributed by atoms with Crippen LogP contribution >= 0.6 is 15.9 Å². The van der Waals surface area contributed by atoms with E-state index in [0.29, 0.717) is 12.2 Å². The largest absolute Gasteiger partial charge is 0.351 e. The van der Waals surface area contributed by atoms with Gasteiger partial charge in [-0.3, -0.25) is 4.79 Å². The zero-order chi connectivity index (χ0) is 14.4. The molecule has 0 saturated carbocycles. The van der Waals surface area contributed by atoms with Crippen molar-refractivity contribution < 1.29 is 4.79 Å². The van der Waals surface area contributed by atoms with Crippen molar-refractivity contribution in [3.63, 3.8) is 0 Å². The molecule has 0 fully saturated rings. The Morgan fingerprint density at radius 2 is 2.30 bits per heavy atom. The molecule has 0 aliphatic rings. The van der Waals surface area contributed by atoms with Gasteiger partial charge in [0.25, 0.3) is 5.91 Å². The van der Waals surface area contributed by atoms with Crippen LogP contribution in [-0.4, -0.2) is 26.6 Å². The molecule has 108 valence electrons. The van der Waals surface area contributed by atoms with E-state index in [-0.39, 0.29) is 5.91 Å². The third kappa shape index (κ3) is 3.96. The Kier molecular flexibility index (Phi) is 5.40. The van der Waals surface area contributed by atoms with E-state index in [2.05, 4.69) is 26.2 Å². The SMILES string of the molecule is CCn1cc(Br)cc1C(=O)NCCCCn1ccnc1. The van der Waals surface area contributed by atoms with Crippen molar-refractivity contribution in [1.82, 2.24) is 19.4 Å². The lowest BCUT2D eigenvalue weighted by molar-refractivity contribution is 0.0943. The van der Waals surface area contributed by atoms with Crippen LogP contribution in [0, 0.1) is 0 Å². The number of nitrogens with zero attached hydrogens (tertiary/aromatic N) is 3. The van der Waals surface area contributed by atoms with Gasteiger partial charge >= 0.3 is 0 Å². The van der Waals surface area contributed by atoms with Gasteiger partial charge in [0.1, 0.15) is 5.69 Å². The molecule has 0 unspecified atom stereocenters. The summed E-state index contributed by atoms with van der Waals surface area (Å²) in [4.78, 5) is 16.1. The Labute approximate surface area is 127 Å². The van der Waals surface area contributed by atoms with Gasteiger partial charge in [-0.1, -0.05) is 0 Å². The monoisotopic (exact) mass is 338 g/mol. The van der Waals surface area contributed by atoms with E-state index in [1.54, 1.807) is 6.20 Å². The normalized spacial score (nSPS) is 10.7. The first kappa shape index (κ1) is 14.8. The van der Waals surface area contributed by atoms with Crippen molar-refractivity contribution in [2.75, 3.05) is 6.54 Å². The number of nitrogens with one attached hydrogen (secondary N) is 1. The second kappa shape index (κ2) is 7.28. The molecule has 20 heavy (non-hydrogen) atoms. The van der Waals surface area contributed by atoms with Crippen LogP contribution in [0.5, 0.6) is 0 Å². The van der Waals surface area contributed by atoms with Crippen molar-refractivity contribution in [3.05, 3.63) is 41.2 Å². The third-order valence-corrected chi connectivity index (χ3v) is 3.56. The lowest BCUT2D eigenvalue weighted by Crippen LogP contribution is -2.26. The smallest absolute Gasteiger partial charge is 0.267 e. The van der Waals surface area contributed by atoms with Gasteiger partial charge in [0, 0.05) is 42.7 Å². The summed E-state index contributed by atoms with van der Waals surface area (Å²) in [7, 11) is 0. The number of carbonyl (C=O) groups excluding carboxylic acids is 1. The zero-order valence-electron chi connectivity index (χ0n) is 11.6. The molecule has 0 saturated heterocycles. The summed E-state index contributed by atoms with van der Waals surface area (Å²) in [5.74, 6) is -0.0137. The quantitative estimate of drug-likeness (QED) is 0.789. The van der Waals surface area contributed by atoms with E-state index in [4.69, 9.17) is 0 Å². The van der Waals surface area contributed by atoms with Gasteiger partial charge in [-0.2, -0.15) is 0 Å². The molecule has 0 aliphatic carbocycles. The summed E-state index contributed by atoms with van der Waals surface area (Å²) in [5.41, 5.74) is 0.703. The predicted octanol–water partition coefficient (Wildman–Crippen LogP) is 2.68. The van der Waals surface area contributed by atoms with Crippen LogP contribution in [0.4, 0.5) is 0 Å². The van der Waals surface area contributed by atoms with E-state index < -0.39 is 0 Å². The molecule has 0 spiro atoms. The number of rotatable bonds is 7. The molecule has 0 bridgehead atoms. The summed E-state index contributed by atoms with van der Waals surface area (Å²) >= 11 is 3.40. The number of aryl methyl sites for hydroxylation is 2. The fraction of sp³-hybridized carbons (Fsp3) is 0.429. The Bertz CT molecular complexity index is 548. The highest BCUT2D eigenvalue weighted by molar-refractivity contribution is 9.10. The summed E-state index contributed by atoms with van der Waals surface area (Å²) in [6, 6.07) is 1.85. The van der Waals surface area contributed by atoms with Crippen LogP contribution in [0.1, 0.15) is 30.3 Å². The van der Waals surface area contributed by atoms with Crippen molar-refractivity contribution in [2.24, 2.45) is 0 Å². The zero-order valence-corrected chi connectivity index (χ0v) is 13.1. The molecule has 2 aromatic heterocycles. The Morgan fingerprint density at radius 3 is 3.00 bits per heavy atom. The van der Waals surface area contributed by atoms with Gasteiger partial charge in [-0.15, -0.1) is 0 Å². The van der Waals surface area contributed by atoms with E-state index in [0.717, 1.165) is 30.4 Å². The molecule has 0 aromatic carbocycles. The maximum Gasteiger partial charge on any atom is 0.267 e. The highest BCUT2D eigenvalue weighted by Gasteiger charge is 2.11. The van der Waals surface area contributed by atoms with Crippen molar-refractivity contribution in [1.29, 1.82) is 0 Å². The first-order chi connectivity index (χ1) is 9.70. The molecule has 1 N–H and O–H groups in total. The summed E-state index contributed by atoms with van der Waals surface area (Å²) in [6.45, 7) is 4.44. The van der Waals surface area contributed by atoms with Gasteiger partial charge < -0.3 is 14.5 Å². The first-order valence-electron chi connectivity index (χ1n) is 6.80. The number of halogens is 1. The van der Waals surface area contributed by atoms with Crippen LogP contribution < -0.4 is 5.32 Å². The average molecular weight is 339 g/mol. The topological polar surface area (TPSA) is 51.9 Å². The molecule has 0 aliphatic heterocycles. The standard InChI is InChI=1S/C14H19BrN4O/c1-2-19-10-12(15)9-13(19)14(20)17-5-3-4-7-18-8-6-16-11-18/h6,8-11H,2-5,7H2,1H3,(H,17,20). The molecular formula is C14H19BrN4O. The number of hydrogen-bond acceptors (Lipinski definition) is 2. The van der Waals surface area contributed by atoms with Crippen molar-refractivity contribution in [2.45, 2.75) is 32.9 Å². The number of carbonyl (C=O) groups is 1. The van der Waals surface area contributed by atoms with Crippen LogP contribution in [0.3, 0.4) is 0 Å². The highest BCUT2D eigenvalue weighted by Crippen LogP contribution is 2.14. The molecule has 2 rings (SSSR count). The second-order valence-electron chi connectivity index (χ2n) is 4.59. The van der Waals surface area contributed by atoms with Crippen molar-refractivity contribution in [3.8, 4) is 0 Å². The second-order valence-corrected chi connectivity index (χ2v) is 5.51. The van der Waals surface area contributed by atoms with E-state index in [1.807, 2.05) is 40.8 Å². The minimum Gasteiger partial charge on any atom is -0.351 e. The maximum absolute atomic E-state index is 12.1. The van der Waals surface area contributed by atoms with E-state index in [9.17, 15) is 4.79 Å². The Hall–Kier alpha value is -1.56. The maximum atomic E-state index is 12.1. The van der Waals surface area contributed by atoms with Gasteiger partial charge in [0.05, 0.1) is 6.33 Å². The highest BCUT2D eigenvalue weighted by atomic mass is 79.9. The predicted molar refractivity (Wildman–Crippen MR) is 81.6 cm³/mol. The van der Waals surface area contributed by atoms with Crippen LogP contribution in [0.2, 0.25) is 0 Å². The number of aromatic nitrogens is 3. The van der Waals surface area contributed by atoms with E-state index >= 15 is 0 Å². The summed E-state index contributed by atoms with van der Waals surface area (Å²) in [5, 5.41) is 2.96. The average Bonchev–Trinajstić information content (AvgIpc) is 3.07. The first-order valence-corrected chi connectivity index (χ1v) is 7.59. The Balaban J connectivity index is 1.72. The number of amides is 1. The molecule has 2 heterocycles. The fourth-order valence-electron chi connectivity index (χ4n) is 2.06. The minimum absolute atomic E-state index is 0.0137. The van der Waals surface area contributed by atoms with Gasteiger partial charge in [0.2, 0.25) is 0 Å². The molecule has 0 radical (unpaired) electrons. The lowest BCUT2D eigenvalue weighted by Gasteiger charge is -2.07. The van der Waals surface area contributed by atoms with Crippen LogP contribution in [0.25, 0.3) is 0 Å². The summed E-state index contributed by atoms with van der Waals surface area (Å²) in [6.07, 6.45) is 9.44. The number of unbranched alkanes of at least 4 members (excludes halogenated alkanes) is 1. The van der Waals surface area contributed by atoms with Crippen molar-refractivity contribution >= 4 is 21.8 Å². The third-order valence-electron chi connectivity index (χ3n) is 3.12. The van der Waals surface area contributed by atoms with Gasteiger partial charge in [-0.25, -0.2) is 4.98 Å². The minimum atomic E-state index is -0.0137. The van der Waals surface area contributed by atoms with Gasteiger partial charge in [0.15, 0.2) is 0 Å². The van der Waals surface area contributed by atoms with E-state index in [1.165, 1.54) is 0 Å². The lowest BCUT2D eigenvalue weighted by atomic mass is 10.3. The molecule has 1 amide bonds. The van der Waals surface area contributed by atoms with Crippen LogP contribution in [-0.2, 0) is 13.1 Å². The molecule has 6 heteroatoms. The number of hydrogen-bond donors (Lipinski definition) is 1. The van der Waals surface area contributed by atoms with Crippen LogP contribution in [0.15, 0.2) is 35.5 Å². The molecule has 2 aromatic rings. The fourth-order valence-corrected chi connectivity index (χ4v) is 2.52. The molecule has 5 nitrogen and oxygen atoms in total. The number of imidazole rings is 1. The van der Waals surface area contributed by atoms with Gasteiger partial charge in [-0.05, 0) is 41.8 Å². The summed E-state index contributed by atoms with van der Waals surface area (Å²) < 4.78 is 4.91. The Morgan fingerprint density at radius 1 is 1.45 bits per heavy atom. The molecule has 0 atom stereocenters. The molecular weight excluding hydrogens is 320 g/mol.